The van der Waals surface area contributed by atoms with Crippen molar-refractivity contribution < 1.29 is 14.3 Å². The fraction of sp³-hybridized carbons (Fsp3) is 0.917. The Morgan fingerprint density at radius 2 is 2.00 bits per heavy atom. The Bertz CT molecular complexity index is 222. The highest BCUT2D eigenvalue weighted by atomic mass is 16.5. The Hall–Kier alpha value is -0.650. The van der Waals surface area contributed by atoms with E-state index in [4.69, 9.17) is 9.47 Å². The summed E-state index contributed by atoms with van der Waals surface area (Å²) in [5.74, 6) is 0.0564. The minimum absolute atomic E-state index is 0.0564. The lowest BCUT2D eigenvalue weighted by atomic mass is 9.79. The Morgan fingerprint density at radius 3 is 2.59 bits per heavy atom. The quantitative estimate of drug-likeness (QED) is 0.669. The van der Waals surface area contributed by atoms with Crippen molar-refractivity contribution in [3.8, 4) is 0 Å². The van der Waals surface area contributed by atoms with Crippen molar-refractivity contribution in [2.45, 2.75) is 19.3 Å². The van der Waals surface area contributed by atoms with Crippen LogP contribution in [0.15, 0.2) is 0 Å². The molecule has 1 amide bonds. The van der Waals surface area contributed by atoms with Gasteiger partial charge in [0.25, 0.3) is 0 Å². The van der Waals surface area contributed by atoms with Gasteiger partial charge in [-0.15, -0.1) is 0 Å². The first-order valence-corrected chi connectivity index (χ1v) is 6.18. The van der Waals surface area contributed by atoms with Gasteiger partial charge in [0.05, 0.1) is 13.2 Å². The lowest BCUT2D eigenvalue weighted by Gasteiger charge is -2.37. The van der Waals surface area contributed by atoms with Gasteiger partial charge in [-0.2, -0.15) is 0 Å². The van der Waals surface area contributed by atoms with Gasteiger partial charge >= 0.3 is 0 Å². The highest BCUT2D eigenvalue weighted by molar-refractivity contribution is 5.76. The number of hydrogen-bond donors (Lipinski definition) is 2. The molecule has 0 aliphatic carbocycles. The van der Waals surface area contributed by atoms with Crippen molar-refractivity contribution in [2.24, 2.45) is 5.41 Å². The Labute approximate surface area is 103 Å². The Kier molecular flexibility index (Phi) is 6.47. The van der Waals surface area contributed by atoms with Crippen LogP contribution < -0.4 is 10.6 Å². The smallest absolute Gasteiger partial charge is 0.222 e. The minimum Gasteiger partial charge on any atom is -0.384 e. The molecular formula is C12H24N2O3. The third-order valence-electron chi connectivity index (χ3n) is 3.31. The number of piperidine rings is 1. The zero-order chi connectivity index (χ0) is 12.6. The van der Waals surface area contributed by atoms with Gasteiger partial charge in [0.15, 0.2) is 0 Å². The van der Waals surface area contributed by atoms with Crippen LogP contribution in [0.3, 0.4) is 0 Å². The van der Waals surface area contributed by atoms with Gasteiger partial charge in [-0.3, -0.25) is 4.79 Å². The summed E-state index contributed by atoms with van der Waals surface area (Å²) in [5, 5.41) is 6.32. The van der Waals surface area contributed by atoms with Crippen LogP contribution in [0.4, 0.5) is 0 Å². The second-order valence-electron chi connectivity index (χ2n) is 4.70. The maximum absolute atomic E-state index is 11.5. The van der Waals surface area contributed by atoms with Gasteiger partial charge in [0.1, 0.15) is 0 Å². The van der Waals surface area contributed by atoms with Gasteiger partial charge < -0.3 is 20.1 Å². The van der Waals surface area contributed by atoms with E-state index in [1.807, 2.05) is 0 Å². The van der Waals surface area contributed by atoms with Gasteiger partial charge in [-0.1, -0.05) is 0 Å². The number of methoxy groups -OCH3 is 2. The number of carbonyl (C=O) groups excluding carboxylic acids is 1. The van der Waals surface area contributed by atoms with E-state index in [9.17, 15) is 4.79 Å². The molecule has 0 unspecified atom stereocenters. The Morgan fingerprint density at radius 1 is 1.29 bits per heavy atom. The number of rotatable bonds is 7. The van der Waals surface area contributed by atoms with Crippen LogP contribution in [-0.2, 0) is 14.3 Å². The molecule has 1 rings (SSSR count). The van der Waals surface area contributed by atoms with E-state index >= 15 is 0 Å². The summed E-state index contributed by atoms with van der Waals surface area (Å²) in [6.45, 7) is 3.88. The average molecular weight is 244 g/mol. The van der Waals surface area contributed by atoms with Crippen molar-refractivity contribution in [2.75, 3.05) is 47.1 Å². The van der Waals surface area contributed by atoms with E-state index in [1.54, 1.807) is 14.2 Å². The summed E-state index contributed by atoms with van der Waals surface area (Å²) < 4.78 is 10.2. The highest BCUT2D eigenvalue weighted by Gasteiger charge is 2.32. The second-order valence-corrected chi connectivity index (χ2v) is 4.70. The van der Waals surface area contributed by atoms with Crippen LogP contribution >= 0.6 is 0 Å². The van der Waals surface area contributed by atoms with Crippen LogP contribution in [0.1, 0.15) is 19.3 Å². The summed E-state index contributed by atoms with van der Waals surface area (Å²) in [7, 11) is 3.32. The minimum atomic E-state index is 0.0564. The lowest BCUT2D eigenvalue weighted by molar-refractivity contribution is -0.122. The highest BCUT2D eigenvalue weighted by Crippen LogP contribution is 2.28. The monoisotopic (exact) mass is 244 g/mol. The van der Waals surface area contributed by atoms with E-state index in [0.717, 1.165) is 25.9 Å². The van der Waals surface area contributed by atoms with E-state index in [-0.39, 0.29) is 11.3 Å². The lowest BCUT2D eigenvalue weighted by Crippen LogP contribution is -2.47. The molecule has 1 aliphatic heterocycles. The average Bonchev–Trinajstić information content (AvgIpc) is 2.35. The Balaban J connectivity index is 2.35. The molecule has 5 heteroatoms. The number of hydrogen-bond acceptors (Lipinski definition) is 4. The molecule has 0 bridgehead atoms. The summed E-state index contributed by atoms with van der Waals surface area (Å²) in [6, 6.07) is 0. The SMILES string of the molecule is COCCC(=O)NCC1(COC)CCNCC1. The molecule has 1 heterocycles. The first kappa shape index (κ1) is 14.4. The summed E-state index contributed by atoms with van der Waals surface area (Å²) in [6.07, 6.45) is 2.52. The van der Waals surface area contributed by atoms with Gasteiger partial charge in [-0.05, 0) is 25.9 Å². The number of amides is 1. The summed E-state index contributed by atoms with van der Waals surface area (Å²) in [5.41, 5.74) is 0.0999. The molecule has 100 valence electrons. The molecule has 2 N–H and O–H groups in total. The third kappa shape index (κ3) is 5.02. The standard InChI is InChI=1S/C12H24N2O3/c1-16-8-3-11(15)14-9-12(10-17-2)4-6-13-7-5-12/h13H,3-10H2,1-2H3,(H,14,15). The molecule has 0 aromatic carbocycles. The number of nitrogens with one attached hydrogen (secondary N) is 2. The third-order valence-corrected chi connectivity index (χ3v) is 3.31. The summed E-state index contributed by atoms with van der Waals surface area (Å²) >= 11 is 0. The van der Waals surface area contributed by atoms with E-state index in [0.29, 0.717) is 26.2 Å². The largest absolute Gasteiger partial charge is 0.384 e. The number of carbonyl (C=O) groups is 1. The molecular weight excluding hydrogens is 220 g/mol. The van der Waals surface area contributed by atoms with Gasteiger partial charge in [0, 0.05) is 32.6 Å². The van der Waals surface area contributed by atoms with Crippen molar-refractivity contribution in [3.05, 3.63) is 0 Å². The molecule has 1 saturated heterocycles. The normalized spacial score (nSPS) is 18.9. The first-order valence-electron chi connectivity index (χ1n) is 6.18. The van der Waals surface area contributed by atoms with Crippen molar-refractivity contribution in [1.82, 2.24) is 10.6 Å². The molecule has 0 radical (unpaired) electrons. The van der Waals surface area contributed by atoms with Gasteiger partial charge in [0.2, 0.25) is 5.91 Å². The van der Waals surface area contributed by atoms with Crippen LogP contribution in [0.5, 0.6) is 0 Å². The van der Waals surface area contributed by atoms with Crippen molar-refractivity contribution in [3.63, 3.8) is 0 Å². The predicted octanol–water partition coefficient (Wildman–Crippen LogP) is 0.155. The molecule has 1 aliphatic rings. The van der Waals surface area contributed by atoms with Crippen LogP contribution in [0, 0.1) is 5.41 Å². The van der Waals surface area contributed by atoms with E-state index in [1.165, 1.54) is 0 Å². The fourth-order valence-electron chi connectivity index (χ4n) is 2.20. The first-order chi connectivity index (χ1) is 8.22. The van der Waals surface area contributed by atoms with E-state index < -0.39 is 0 Å². The van der Waals surface area contributed by atoms with Crippen molar-refractivity contribution >= 4 is 5.91 Å². The van der Waals surface area contributed by atoms with Crippen LogP contribution in [0.2, 0.25) is 0 Å². The zero-order valence-corrected chi connectivity index (χ0v) is 10.9. The maximum Gasteiger partial charge on any atom is 0.222 e. The molecule has 1 fully saturated rings. The topological polar surface area (TPSA) is 59.6 Å². The number of ether oxygens (including phenoxy) is 2. The van der Waals surface area contributed by atoms with Gasteiger partial charge in [-0.25, -0.2) is 0 Å². The maximum atomic E-state index is 11.5. The van der Waals surface area contributed by atoms with Crippen LogP contribution in [-0.4, -0.2) is 53.0 Å². The zero-order valence-electron chi connectivity index (χ0n) is 10.9. The second kappa shape index (κ2) is 7.63. The molecule has 5 nitrogen and oxygen atoms in total. The summed E-state index contributed by atoms with van der Waals surface area (Å²) in [4.78, 5) is 11.5. The molecule has 0 atom stereocenters. The molecule has 0 aromatic rings. The van der Waals surface area contributed by atoms with Crippen molar-refractivity contribution in [1.29, 1.82) is 0 Å². The van der Waals surface area contributed by atoms with Crippen LogP contribution in [0.25, 0.3) is 0 Å². The molecule has 17 heavy (non-hydrogen) atoms. The fourth-order valence-corrected chi connectivity index (χ4v) is 2.20. The predicted molar refractivity (Wildman–Crippen MR) is 65.9 cm³/mol. The molecule has 0 saturated carbocycles. The molecule has 0 aromatic heterocycles. The molecule has 0 spiro atoms. The van der Waals surface area contributed by atoms with E-state index in [2.05, 4.69) is 10.6 Å².